The maximum absolute atomic E-state index is 9.80. The Morgan fingerprint density at radius 2 is 1.76 bits per heavy atom. The van der Waals surface area contributed by atoms with Gasteiger partial charge in [0.25, 0.3) is 0 Å². The van der Waals surface area contributed by atoms with Crippen LogP contribution < -0.4 is 5.32 Å². The predicted octanol–water partition coefficient (Wildman–Crippen LogP) is 3.54. The third kappa shape index (κ3) is 4.21. The topological polar surface area (TPSA) is 35.5 Å². The Morgan fingerprint density at radius 1 is 1.14 bits per heavy atom. The van der Waals surface area contributed by atoms with E-state index >= 15 is 0 Å². The monoisotopic (exact) mass is 290 g/mol. The Morgan fingerprint density at radius 3 is 2.33 bits per heavy atom. The largest absolute Gasteiger partial charge is 0.508 e. The first kappa shape index (κ1) is 16.3. The van der Waals surface area contributed by atoms with Crippen LogP contribution in [0.1, 0.15) is 55.3 Å². The zero-order chi connectivity index (χ0) is 15.2. The summed E-state index contributed by atoms with van der Waals surface area (Å²) in [6, 6.07) is 4.33. The van der Waals surface area contributed by atoms with Gasteiger partial charge in [-0.15, -0.1) is 0 Å². The number of rotatable bonds is 6. The number of hydrogen-bond donors (Lipinski definition) is 2. The zero-order valence-corrected chi connectivity index (χ0v) is 13.8. The lowest BCUT2D eigenvalue weighted by Crippen LogP contribution is -2.45. The number of nitrogens with one attached hydrogen (secondary N) is 1. The van der Waals surface area contributed by atoms with Crippen molar-refractivity contribution >= 4 is 0 Å². The number of nitrogens with zero attached hydrogens (tertiary/aromatic N) is 1. The van der Waals surface area contributed by atoms with E-state index < -0.39 is 0 Å². The predicted molar refractivity (Wildman–Crippen MR) is 88.9 cm³/mol. The van der Waals surface area contributed by atoms with E-state index in [-0.39, 0.29) is 0 Å². The van der Waals surface area contributed by atoms with Crippen LogP contribution >= 0.6 is 0 Å². The van der Waals surface area contributed by atoms with E-state index in [1.54, 1.807) is 0 Å². The molecule has 0 unspecified atom stereocenters. The van der Waals surface area contributed by atoms with Crippen LogP contribution in [-0.4, -0.2) is 36.2 Å². The molecule has 0 saturated carbocycles. The second-order valence-electron chi connectivity index (χ2n) is 6.29. The van der Waals surface area contributed by atoms with Gasteiger partial charge in [0, 0.05) is 32.2 Å². The minimum absolute atomic E-state index is 0.390. The van der Waals surface area contributed by atoms with Gasteiger partial charge >= 0.3 is 0 Å². The van der Waals surface area contributed by atoms with E-state index in [0.29, 0.717) is 11.8 Å². The molecule has 0 aliphatic carbocycles. The summed E-state index contributed by atoms with van der Waals surface area (Å²) >= 11 is 0. The summed E-state index contributed by atoms with van der Waals surface area (Å²) in [6.45, 7) is 10.9. The molecule has 0 aromatic heterocycles. The van der Waals surface area contributed by atoms with Gasteiger partial charge in [-0.25, -0.2) is 0 Å². The smallest absolute Gasteiger partial charge is 0.116 e. The van der Waals surface area contributed by atoms with Gasteiger partial charge in [0.15, 0.2) is 0 Å². The molecule has 2 rings (SSSR count). The van der Waals surface area contributed by atoms with Crippen molar-refractivity contribution in [3.05, 3.63) is 28.8 Å². The molecule has 0 amide bonds. The molecule has 1 heterocycles. The third-order valence-electron chi connectivity index (χ3n) is 4.59. The van der Waals surface area contributed by atoms with E-state index in [2.05, 4.69) is 31.0 Å². The van der Waals surface area contributed by atoms with Crippen molar-refractivity contribution in [3.8, 4) is 5.75 Å². The fourth-order valence-corrected chi connectivity index (χ4v) is 3.57. The van der Waals surface area contributed by atoms with E-state index in [0.717, 1.165) is 26.2 Å². The van der Waals surface area contributed by atoms with E-state index in [1.165, 1.54) is 42.4 Å². The summed E-state index contributed by atoms with van der Waals surface area (Å²) in [6.07, 6.45) is 5.08. The number of aromatic hydroxyl groups is 1. The van der Waals surface area contributed by atoms with Crippen LogP contribution in [0.2, 0.25) is 0 Å². The summed E-state index contributed by atoms with van der Waals surface area (Å²) in [5.74, 6) is 0.390. The molecule has 1 fully saturated rings. The van der Waals surface area contributed by atoms with Crippen molar-refractivity contribution in [1.82, 2.24) is 10.2 Å². The number of aryl methyl sites for hydroxylation is 2. The summed E-state index contributed by atoms with van der Waals surface area (Å²) in [4.78, 5) is 2.62. The Labute approximate surface area is 129 Å². The van der Waals surface area contributed by atoms with Crippen molar-refractivity contribution in [2.45, 2.75) is 52.5 Å². The lowest BCUT2D eigenvalue weighted by molar-refractivity contribution is 0.161. The number of hydrogen-bond acceptors (Lipinski definition) is 3. The molecule has 0 bridgehead atoms. The fourth-order valence-electron chi connectivity index (χ4n) is 3.57. The van der Waals surface area contributed by atoms with Crippen LogP contribution in [0.25, 0.3) is 0 Å². The molecule has 0 radical (unpaired) electrons. The molecular weight excluding hydrogens is 260 g/mol. The average Bonchev–Trinajstić information content (AvgIpc) is 2.45. The first-order valence-corrected chi connectivity index (χ1v) is 8.38. The van der Waals surface area contributed by atoms with Gasteiger partial charge in [-0.2, -0.15) is 0 Å². The van der Waals surface area contributed by atoms with Gasteiger partial charge in [0.2, 0.25) is 0 Å². The number of phenols is 1. The Balaban J connectivity index is 2.25. The van der Waals surface area contributed by atoms with Crippen LogP contribution in [0, 0.1) is 13.8 Å². The highest BCUT2D eigenvalue weighted by molar-refractivity contribution is 5.42. The van der Waals surface area contributed by atoms with Gasteiger partial charge in [-0.3, -0.25) is 4.90 Å². The van der Waals surface area contributed by atoms with E-state index in [1.807, 2.05) is 12.1 Å². The van der Waals surface area contributed by atoms with Crippen molar-refractivity contribution in [2.24, 2.45) is 0 Å². The van der Waals surface area contributed by atoms with Gasteiger partial charge < -0.3 is 10.4 Å². The Kier molecular flexibility index (Phi) is 6.07. The first-order chi connectivity index (χ1) is 10.1. The quantitative estimate of drug-likeness (QED) is 0.787. The van der Waals surface area contributed by atoms with Crippen LogP contribution in [0.3, 0.4) is 0 Å². The molecular formula is C18H30N2O. The number of benzene rings is 1. The number of unbranched alkanes of at least 4 members (excludes halogenated alkanes) is 2. The molecule has 3 nitrogen and oxygen atoms in total. The molecule has 1 aliphatic heterocycles. The lowest BCUT2D eigenvalue weighted by Gasteiger charge is -2.37. The Bertz CT molecular complexity index is 430. The molecule has 1 aromatic rings. The van der Waals surface area contributed by atoms with Crippen LogP contribution in [0.4, 0.5) is 0 Å². The second kappa shape index (κ2) is 7.81. The number of piperazine rings is 1. The fraction of sp³-hybridized carbons (Fsp3) is 0.667. The molecule has 3 heteroatoms. The zero-order valence-electron chi connectivity index (χ0n) is 13.8. The van der Waals surface area contributed by atoms with E-state index in [4.69, 9.17) is 0 Å². The number of phenolic OH excluding ortho intramolecular Hbond substituents is 1. The summed E-state index contributed by atoms with van der Waals surface area (Å²) in [5.41, 5.74) is 3.89. The maximum Gasteiger partial charge on any atom is 0.116 e. The highest BCUT2D eigenvalue weighted by atomic mass is 16.3. The average molecular weight is 290 g/mol. The summed E-state index contributed by atoms with van der Waals surface area (Å²) in [7, 11) is 0. The lowest BCUT2D eigenvalue weighted by atomic mass is 9.90. The molecule has 21 heavy (non-hydrogen) atoms. The molecule has 118 valence electrons. The molecule has 1 aromatic carbocycles. The summed E-state index contributed by atoms with van der Waals surface area (Å²) < 4.78 is 0. The summed E-state index contributed by atoms with van der Waals surface area (Å²) in [5, 5.41) is 13.2. The van der Waals surface area contributed by atoms with Crippen molar-refractivity contribution in [3.63, 3.8) is 0 Å². The first-order valence-electron chi connectivity index (χ1n) is 8.38. The van der Waals surface area contributed by atoms with Crippen LogP contribution in [-0.2, 0) is 0 Å². The second-order valence-corrected chi connectivity index (χ2v) is 6.29. The molecule has 1 atom stereocenters. The van der Waals surface area contributed by atoms with Gasteiger partial charge in [-0.1, -0.05) is 26.2 Å². The molecule has 1 aliphatic rings. The highest BCUT2D eigenvalue weighted by Gasteiger charge is 2.24. The van der Waals surface area contributed by atoms with Gasteiger partial charge in [0.1, 0.15) is 5.75 Å². The molecule has 2 N–H and O–H groups in total. The van der Waals surface area contributed by atoms with Crippen LogP contribution in [0.15, 0.2) is 12.1 Å². The van der Waals surface area contributed by atoms with Crippen LogP contribution in [0.5, 0.6) is 5.75 Å². The molecule has 1 saturated heterocycles. The van der Waals surface area contributed by atoms with Crippen molar-refractivity contribution in [2.75, 3.05) is 26.2 Å². The minimum atomic E-state index is 0.390. The molecule has 0 spiro atoms. The van der Waals surface area contributed by atoms with Gasteiger partial charge in [0.05, 0.1) is 0 Å². The maximum atomic E-state index is 9.80. The standard InChI is InChI=1S/C18H30N2O/c1-4-5-6-7-17(20-10-8-19-9-11-20)18-14(2)12-16(21)13-15(18)3/h12-13,17,19,21H,4-11H2,1-3H3/t17-/m0/s1. The van der Waals surface area contributed by atoms with Crippen molar-refractivity contribution < 1.29 is 5.11 Å². The minimum Gasteiger partial charge on any atom is -0.508 e. The SMILES string of the molecule is CCCCC[C@@H](c1c(C)cc(O)cc1C)N1CCNCC1. The Hall–Kier alpha value is -1.06. The highest BCUT2D eigenvalue weighted by Crippen LogP contribution is 2.33. The van der Waals surface area contributed by atoms with Gasteiger partial charge in [-0.05, 0) is 49.1 Å². The van der Waals surface area contributed by atoms with E-state index in [9.17, 15) is 5.11 Å². The van der Waals surface area contributed by atoms with Crippen molar-refractivity contribution in [1.29, 1.82) is 0 Å². The third-order valence-corrected chi connectivity index (χ3v) is 4.59. The normalized spacial score (nSPS) is 17.9.